The number of rotatable bonds is 81. The average Bonchev–Trinajstić information content (AvgIpc) is 0.913. The lowest BCUT2D eigenvalue weighted by molar-refractivity contribution is -0.870. The molecule has 0 heterocycles. The number of allylic oxidation sites excluding steroid dienone is 18. The van der Waals surface area contributed by atoms with E-state index in [2.05, 4.69) is 123 Å². The van der Waals surface area contributed by atoms with Gasteiger partial charge in [-0.15, -0.1) is 0 Å². The molecule has 0 aliphatic carbocycles. The van der Waals surface area contributed by atoms with Gasteiger partial charge in [0.25, 0.3) is 7.82 Å². The summed E-state index contributed by atoms with van der Waals surface area (Å²) < 4.78 is 34.5. The SMILES string of the molecule is CC/C=C\C/C=C\C/C=C\C/C=C\C/C=C\C/C=C\C/C=C\C/C=C\CCCCCCCCCCCCCCC(=O)OC(COC(=O)CCCCCCCCCCCCCCCCCCCCCCCCCCCCCCC/C=C\CCCCCCCCCC)COP(=O)([O-])OCC[N+](C)(C)C. The highest BCUT2D eigenvalue weighted by molar-refractivity contribution is 7.45. The Labute approximate surface area is 633 Å². The smallest absolute Gasteiger partial charge is 0.306 e. The maximum atomic E-state index is 12.9. The maximum Gasteiger partial charge on any atom is 0.306 e. The van der Waals surface area contributed by atoms with Crippen LogP contribution in [0.1, 0.15) is 412 Å². The summed E-state index contributed by atoms with van der Waals surface area (Å²) in [6, 6.07) is 0. The largest absolute Gasteiger partial charge is 0.756 e. The Kier molecular flexibility index (Phi) is 79.1. The predicted molar refractivity (Wildman–Crippen MR) is 443 cm³/mol. The first-order valence-corrected chi connectivity index (χ1v) is 45.1. The Morgan fingerprint density at radius 1 is 0.314 bits per heavy atom. The standard InChI is InChI=1S/C92H166NO8P/c1-6-8-10-12-14-16-18-20-22-24-26-28-30-32-34-36-38-40-42-44-45-46-47-49-50-52-54-56-58-60-62-64-66-68-70-72-74-76-78-80-82-84-91(94)98-88-90(89-100-102(96,97)99-87-86-93(3,4)5)101-92(95)85-83-81-79-77-75-73-71-69-67-65-63-61-59-57-55-53-51-48-43-41-39-37-35-33-31-29-27-25-23-21-19-17-15-13-11-9-7-2/h9,11,15,17,21,23-24,26-27,29,33,35,39,41,48,51,55,57,90H,6-8,10,12-14,16,18-20,22,25,28,30-32,34,36-38,40,42-47,49-50,52-54,56,58-89H2,1-5H3/b11-9-,17-15-,23-21-,26-24-,29-27-,35-33-,41-39-,51-48-,57-55-. The number of hydrogen-bond acceptors (Lipinski definition) is 8. The fourth-order valence-electron chi connectivity index (χ4n) is 12.7. The molecule has 0 amide bonds. The molecular weight excluding hydrogens is 1280 g/mol. The van der Waals surface area contributed by atoms with Crippen molar-refractivity contribution in [3.05, 3.63) is 109 Å². The first-order valence-electron chi connectivity index (χ1n) is 43.6. The summed E-state index contributed by atoms with van der Waals surface area (Å²) in [6.07, 6.45) is 117. The number of likely N-dealkylation sites (N-methyl/N-ethyl adjacent to an activating group) is 1. The van der Waals surface area contributed by atoms with Crippen LogP contribution in [-0.4, -0.2) is 70.0 Å². The number of quaternary nitrogens is 1. The van der Waals surface area contributed by atoms with Gasteiger partial charge in [0.2, 0.25) is 0 Å². The molecule has 0 spiro atoms. The molecule has 2 atom stereocenters. The molecule has 0 saturated heterocycles. The minimum absolute atomic E-state index is 0.0330. The second-order valence-electron chi connectivity index (χ2n) is 30.5. The minimum Gasteiger partial charge on any atom is -0.756 e. The highest BCUT2D eigenvalue weighted by Gasteiger charge is 2.22. The molecule has 0 radical (unpaired) electrons. The van der Waals surface area contributed by atoms with Gasteiger partial charge in [-0.3, -0.25) is 14.2 Å². The third-order valence-electron chi connectivity index (χ3n) is 19.3. The van der Waals surface area contributed by atoms with Crippen molar-refractivity contribution in [1.82, 2.24) is 0 Å². The molecule has 0 aromatic rings. The van der Waals surface area contributed by atoms with Crippen LogP contribution in [0, 0.1) is 0 Å². The number of nitrogens with zero attached hydrogens (tertiary/aromatic N) is 1. The van der Waals surface area contributed by atoms with Crippen LogP contribution in [0.2, 0.25) is 0 Å². The summed E-state index contributed by atoms with van der Waals surface area (Å²) >= 11 is 0. The number of ether oxygens (including phenoxy) is 2. The molecule has 0 aromatic carbocycles. The van der Waals surface area contributed by atoms with Gasteiger partial charge in [0.15, 0.2) is 6.10 Å². The van der Waals surface area contributed by atoms with Crippen molar-refractivity contribution in [2.75, 3.05) is 47.5 Å². The third-order valence-corrected chi connectivity index (χ3v) is 20.2. The normalized spacial score (nSPS) is 13.5. The summed E-state index contributed by atoms with van der Waals surface area (Å²) in [6.45, 7) is 4.17. The molecule has 0 saturated carbocycles. The van der Waals surface area contributed by atoms with E-state index in [-0.39, 0.29) is 32.0 Å². The highest BCUT2D eigenvalue weighted by atomic mass is 31.2. The molecule has 10 heteroatoms. The van der Waals surface area contributed by atoms with E-state index in [1.807, 2.05) is 21.1 Å². The van der Waals surface area contributed by atoms with E-state index in [9.17, 15) is 19.0 Å². The van der Waals surface area contributed by atoms with Crippen molar-refractivity contribution in [3.63, 3.8) is 0 Å². The molecule has 592 valence electrons. The van der Waals surface area contributed by atoms with Crippen LogP contribution in [0.15, 0.2) is 109 Å². The van der Waals surface area contributed by atoms with Crippen molar-refractivity contribution in [3.8, 4) is 0 Å². The fraction of sp³-hybridized carbons (Fsp3) is 0.783. The van der Waals surface area contributed by atoms with Gasteiger partial charge in [-0.25, -0.2) is 0 Å². The summed E-state index contributed by atoms with van der Waals surface area (Å²) in [5.41, 5.74) is 0. The Balaban J connectivity index is 3.91. The van der Waals surface area contributed by atoms with Crippen LogP contribution in [0.5, 0.6) is 0 Å². The molecule has 9 nitrogen and oxygen atoms in total. The van der Waals surface area contributed by atoms with Crippen molar-refractivity contribution < 1.29 is 42.1 Å². The first-order chi connectivity index (χ1) is 50.0. The zero-order valence-electron chi connectivity index (χ0n) is 67.8. The van der Waals surface area contributed by atoms with E-state index in [1.54, 1.807) is 0 Å². The van der Waals surface area contributed by atoms with Crippen LogP contribution in [0.25, 0.3) is 0 Å². The van der Waals surface area contributed by atoms with E-state index in [1.165, 1.54) is 289 Å². The number of phosphoric ester groups is 1. The first kappa shape index (κ1) is 98.7. The summed E-state index contributed by atoms with van der Waals surface area (Å²) in [7, 11) is 1.17. The number of carbonyl (C=O) groups excluding carboxylic acids is 2. The van der Waals surface area contributed by atoms with E-state index in [0.717, 1.165) is 89.9 Å². The van der Waals surface area contributed by atoms with E-state index in [4.69, 9.17) is 18.5 Å². The topological polar surface area (TPSA) is 111 Å². The lowest BCUT2D eigenvalue weighted by Gasteiger charge is -2.28. The molecular formula is C92H166NO8P. The van der Waals surface area contributed by atoms with Crippen LogP contribution in [0.4, 0.5) is 0 Å². The van der Waals surface area contributed by atoms with Crippen molar-refractivity contribution >= 4 is 19.8 Å². The number of hydrogen-bond donors (Lipinski definition) is 0. The zero-order valence-corrected chi connectivity index (χ0v) is 68.7. The second kappa shape index (κ2) is 81.7. The van der Waals surface area contributed by atoms with Gasteiger partial charge in [0.1, 0.15) is 19.8 Å². The summed E-state index contributed by atoms with van der Waals surface area (Å²) in [5, 5.41) is 0. The Bertz CT molecular complexity index is 2100. The molecule has 0 aromatic heterocycles. The lowest BCUT2D eigenvalue weighted by atomic mass is 10.0. The molecule has 0 aliphatic heterocycles. The molecule has 0 N–H and O–H groups in total. The maximum absolute atomic E-state index is 12.9. The fourth-order valence-corrected chi connectivity index (χ4v) is 13.4. The third kappa shape index (κ3) is 85.6. The van der Waals surface area contributed by atoms with Crippen LogP contribution >= 0.6 is 7.82 Å². The Morgan fingerprint density at radius 2 is 0.559 bits per heavy atom. The van der Waals surface area contributed by atoms with Crippen molar-refractivity contribution in [2.24, 2.45) is 0 Å². The number of carbonyl (C=O) groups is 2. The van der Waals surface area contributed by atoms with Crippen LogP contribution in [-0.2, 0) is 32.7 Å². The number of phosphoric acid groups is 1. The Hall–Kier alpha value is -3.33. The molecule has 2 unspecified atom stereocenters. The van der Waals surface area contributed by atoms with Gasteiger partial charge in [-0.05, 0) is 103 Å². The molecule has 0 rings (SSSR count). The molecule has 0 aliphatic rings. The van der Waals surface area contributed by atoms with Gasteiger partial charge in [0, 0.05) is 12.8 Å². The zero-order chi connectivity index (χ0) is 74.0. The van der Waals surface area contributed by atoms with Gasteiger partial charge >= 0.3 is 11.9 Å². The van der Waals surface area contributed by atoms with Crippen molar-refractivity contribution in [1.29, 1.82) is 0 Å². The minimum atomic E-state index is -4.65. The quantitative estimate of drug-likeness (QED) is 0.0195. The van der Waals surface area contributed by atoms with Gasteiger partial charge in [0.05, 0.1) is 27.7 Å². The molecule has 0 bridgehead atoms. The van der Waals surface area contributed by atoms with Gasteiger partial charge in [-0.1, -0.05) is 406 Å². The summed E-state index contributed by atoms with van der Waals surface area (Å²) in [4.78, 5) is 38.2. The lowest BCUT2D eigenvalue weighted by Crippen LogP contribution is -2.37. The predicted octanol–water partition coefficient (Wildman–Crippen LogP) is 28.9. The molecule has 102 heavy (non-hydrogen) atoms. The van der Waals surface area contributed by atoms with E-state index in [0.29, 0.717) is 17.4 Å². The number of esters is 2. The molecule has 0 fully saturated rings. The van der Waals surface area contributed by atoms with E-state index >= 15 is 0 Å². The second-order valence-corrected chi connectivity index (χ2v) is 31.9. The average molecular weight is 1450 g/mol. The Morgan fingerprint density at radius 3 is 0.843 bits per heavy atom. The number of unbranched alkanes of at least 4 members (excludes halogenated alkanes) is 49. The summed E-state index contributed by atoms with van der Waals surface area (Å²) in [5.74, 6) is -0.821. The van der Waals surface area contributed by atoms with Crippen LogP contribution in [0.3, 0.4) is 0 Å². The van der Waals surface area contributed by atoms with Crippen LogP contribution < -0.4 is 4.89 Å². The van der Waals surface area contributed by atoms with Gasteiger partial charge in [-0.2, -0.15) is 0 Å². The van der Waals surface area contributed by atoms with Crippen molar-refractivity contribution in [2.45, 2.75) is 418 Å². The monoisotopic (exact) mass is 1440 g/mol. The highest BCUT2D eigenvalue weighted by Crippen LogP contribution is 2.38. The van der Waals surface area contributed by atoms with Gasteiger partial charge < -0.3 is 27.9 Å². The van der Waals surface area contributed by atoms with E-state index < -0.39 is 26.5 Å².